The lowest BCUT2D eigenvalue weighted by Gasteiger charge is -2.33. The first-order valence-electron chi connectivity index (χ1n) is 8.90. The number of piperidine rings is 1. The highest BCUT2D eigenvalue weighted by atomic mass is 16.2. The van der Waals surface area contributed by atoms with Crippen LogP contribution in [0.4, 0.5) is 0 Å². The number of nitrogens with zero attached hydrogens (tertiary/aromatic N) is 2. The summed E-state index contributed by atoms with van der Waals surface area (Å²) in [5.74, 6) is 0.764. The zero-order valence-electron chi connectivity index (χ0n) is 13.8. The average Bonchev–Trinajstić information content (AvgIpc) is 3.21. The number of rotatable bonds is 3. The number of para-hydroxylation sites is 2. The molecule has 2 aromatic rings. The lowest BCUT2D eigenvalue weighted by Crippen LogP contribution is -2.41. The van der Waals surface area contributed by atoms with Gasteiger partial charge in [-0.15, -0.1) is 0 Å². The summed E-state index contributed by atoms with van der Waals surface area (Å²) in [5.41, 5.74) is 1.80. The number of aromatic amines is 1. The fourth-order valence-corrected chi connectivity index (χ4v) is 4.07. The van der Waals surface area contributed by atoms with Crippen LogP contribution in [0.1, 0.15) is 31.7 Å². The maximum Gasteiger partial charge on any atom is 0.326 e. The van der Waals surface area contributed by atoms with Crippen LogP contribution in [0.15, 0.2) is 29.1 Å². The van der Waals surface area contributed by atoms with Gasteiger partial charge in [0.1, 0.15) is 0 Å². The van der Waals surface area contributed by atoms with E-state index in [0.717, 1.165) is 56.5 Å². The molecule has 6 nitrogen and oxygen atoms in total. The molecule has 0 radical (unpaired) electrons. The van der Waals surface area contributed by atoms with Crippen molar-refractivity contribution >= 4 is 16.9 Å². The quantitative estimate of drug-likeness (QED) is 0.897. The van der Waals surface area contributed by atoms with Gasteiger partial charge in [0.05, 0.1) is 11.0 Å². The minimum absolute atomic E-state index is 0.0435. The van der Waals surface area contributed by atoms with E-state index in [1.54, 1.807) is 0 Å². The molecule has 1 aromatic heterocycles. The molecule has 128 valence electrons. The molecular weight excluding hydrogens is 304 g/mol. The van der Waals surface area contributed by atoms with Gasteiger partial charge in [-0.3, -0.25) is 9.36 Å². The lowest BCUT2D eigenvalue weighted by atomic mass is 10.0. The van der Waals surface area contributed by atoms with E-state index < -0.39 is 0 Å². The molecule has 0 bridgehead atoms. The highest BCUT2D eigenvalue weighted by Gasteiger charge is 2.27. The standard InChI is InChI=1S/C18H24N4O2/c23-17(11-13-5-8-19-12-13)21-9-6-14(7-10-21)22-16-4-2-1-3-15(16)20-18(22)24/h1-4,13-14,19H,5-12H2,(H,20,24). The maximum absolute atomic E-state index is 12.5. The molecule has 2 saturated heterocycles. The zero-order valence-corrected chi connectivity index (χ0v) is 13.8. The number of imidazole rings is 1. The van der Waals surface area contributed by atoms with Gasteiger partial charge < -0.3 is 15.2 Å². The molecule has 2 aliphatic heterocycles. The number of H-pyrrole nitrogens is 1. The normalized spacial score (nSPS) is 22.3. The zero-order chi connectivity index (χ0) is 16.5. The molecule has 3 heterocycles. The fourth-order valence-electron chi connectivity index (χ4n) is 4.07. The maximum atomic E-state index is 12.5. The minimum Gasteiger partial charge on any atom is -0.343 e. The van der Waals surface area contributed by atoms with Crippen LogP contribution < -0.4 is 11.0 Å². The second kappa shape index (κ2) is 6.43. The monoisotopic (exact) mass is 328 g/mol. The molecule has 2 N–H and O–H groups in total. The SMILES string of the molecule is O=C(CC1CCNC1)N1CCC(n2c(=O)[nH]c3ccccc32)CC1. The van der Waals surface area contributed by atoms with Gasteiger partial charge >= 0.3 is 5.69 Å². The van der Waals surface area contributed by atoms with Gasteiger partial charge in [-0.05, 0) is 50.4 Å². The van der Waals surface area contributed by atoms with E-state index >= 15 is 0 Å². The van der Waals surface area contributed by atoms with E-state index in [2.05, 4.69) is 10.3 Å². The molecule has 2 aliphatic rings. The Morgan fingerprint density at radius 1 is 1.17 bits per heavy atom. The number of hydrogen-bond acceptors (Lipinski definition) is 3. The van der Waals surface area contributed by atoms with Crippen LogP contribution in [0, 0.1) is 5.92 Å². The number of benzene rings is 1. The minimum atomic E-state index is -0.0435. The molecule has 6 heteroatoms. The number of carbonyl (C=O) groups is 1. The number of hydrogen-bond donors (Lipinski definition) is 2. The van der Waals surface area contributed by atoms with Crippen molar-refractivity contribution in [2.75, 3.05) is 26.2 Å². The summed E-state index contributed by atoms with van der Waals surface area (Å²) < 4.78 is 1.87. The number of aromatic nitrogens is 2. The molecule has 1 aromatic carbocycles. The second-order valence-electron chi connectivity index (χ2n) is 6.99. The van der Waals surface area contributed by atoms with Gasteiger partial charge in [-0.2, -0.15) is 0 Å². The molecule has 24 heavy (non-hydrogen) atoms. The van der Waals surface area contributed by atoms with Crippen molar-refractivity contribution in [1.29, 1.82) is 0 Å². The highest BCUT2D eigenvalue weighted by molar-refractivity contribution is 5.77. The Morgan fingerprint density at radius 2 is 1.96 bits per heavy atom. The summed E-state index contributed by atoms with van der Waals surface area (Å²) in [7, 11) is 0. The number of nitrogens with one attached hydrogen (secondary N) is 2. The van der Waals surface area contributed by atoms with Gasteiger partial charge in [0.2, 0.25) is 5.91 Å². The largest absolute Gasteiger partial charge is 0.343 e. The van der Waals surface area contributed by atoms with E-state index in [0.29, 0.717) is 12.3 Å². The summed E-state index contributed by atoms with van der Waals surface area (Å²) in [6.07, 6.45) is 3.45. The van der Waals surface area contributed by atoms with E-state index in [4.69, 9.17) is 0 Å². The number of carbonyl (C=O) groups excluding carboxylic acids is 1. The van der Waals surface area contributed by atoms with Gasteiger partial charge in [0.25, 0.3) is 0 Å². The third-order valence-electron chi connectivity index (χ3n) is 5.43. The van der Waals surface area contributed by atoms with Crippen LogP contribution in [0.25, 0.3) is 11.0 Å². The molecule has 0 spiro atoms. The van der Waals surface area contributed by atoms with Crippen molar-refractivity contribution < 1.29 is 4.79 Å². The Labute approximate surface area is 140 Å². The van der Waals surface area contributed by atoms with Crippen LogP contribution in [0.3, 0.4) is 0 Å². The van der Waals surface area contributed by atoms with Crippen LogP contribution in [-0.4, -0.2) is 46.5 Å². The Balaban J connectivity index is 1.43. The van der Waals surface area contributed by atoms with E-state index in [9.17, 15) is 9.59 Å². The van der Waals surface area contributed by atoms with Crippen molar-refractivity contribution in [3.05, 3.63) is 34.7 Å². The fraction of sp³-hybridized carbons (Fsp3) is 0.556. The van der Waals surface area contributed by atoms with E-state index in [1.807, 2.05) is 33.7 Å². The van der Waals surface area contributed by atoms with Gasteiger partial charge in [0.15, 0.2) is 0 Å². The van der Waals surface area contributed by atoms with Crippen molar-refractivity contribution in [2.24, 2.45) is 5.92 Å². The molecular formula is C18H24N4O2. The number of amides is 1. The summed E-state index contributed by atoms with van der Waals surface area (Å²) >= 11 is 0. The predicted molar refractivity (Wildman–Crippen MR) is 93.0 cm³/mol. The van der Waals surface area contributed by atoms with Crippen LogP contribution in [0.2, 0.25) is 0 Å². The third-order valence-corrected chi connectivity index (χ3v) is 5.43. The van der Waals surface area contributed by atoms with Crippen molar-refractivity contribution in [2.45, 2.75) is 31.7 Å². The van der Waals surface area contributed by atoms with Gasteiger partial charge in [-0.25, -0.2) is 4.79 Å². The molecule has 0 aliphatic carbocycles. The Morgan fingerprint density at radius 3 is 2.71 bits per heavy atom. The smallest absolute Gasteiger partial charge is 0.326 e. The van der Waals surface area contributed by atoms with E-state index in [-0.39, 0.29) is 17.6 Å². The summed E-state index contributed by atoms with van der Waals surface area (Å²) in [6.45, 7) is 3.49. The number of likely N-dealkylation sites (tertiary alicyclic amines) is 1. The predicted octanol–water partition coefficient (Wildman–Crippen LogP) is 1.49. The third kappa shape index (κ3) is 2.86. The van der Waals surface area contributed by atoms with Crippen molar-refractivity contribution in [3.63, 3.8) is 0 Å². The molecule has 0 saturated carbocycles. The average molecular weight is 328 g/mol. The van der Waals surface area contributed by atoms with Crippen molar-refractivity contribution in [1.82, 2.24) is 19.8 Å². The first kappa shape index (κ1) is 15.4. The molecule has 1 unspecified atom stereocenters. The van der Waals surface area contributed by atoms with Gasteiger partial charge in [-0.1, -0.05) is 12.1 Å². The second-order valence-corrected chi connectivity index (χ2v) is 6.99. The molecule has 4 rings (SSSR count). The van der Waals surface area contributed by atoms with Crippen molar-refractivity contribution in [3.8, 4) is 0 Å². The Hall–Kier alpha value is -2.08. The first-order chi connectivity index (χ1) is 11.7. The topological polar surface area (TPSA) is 70.1 Å². The lowest BCUT2D eigenvalue weighted by molar-refractivity contribution is -0.133. The van der Waals surface area contributed by atoms with Gasteiger partial charge in [0, 0.05) is 25.6 Å². The molecule has 1 atom stereocenters. The summed E-state index contributed by atoms with van der Waals surface area (Å²) in [6, 6.07) is 7.98. The first-order valence-corrected chi connectivity index (χ1v) is 8.90. The Kier molecular flexibility index (Phi) is 4.14. The van der Waals surface area contributed by atoms with E-state index in [1.165, 1.54) is 0 Å². The highest BCUT2D eigenvalue weighted by Crippen LogP contribution is 2.26. The summed E-state index contributed by atoms with van der Waals surface area (Å²) in [5, 5.41) is 3.32. The number of fused-ring (bicyclic) bond motifs is 1. The van der Waals surface area contributed by atoms with Crippen LogP contribution in [-0.2, 0) is 4.79 Å². The van der Waals surface area contributed by atoms with Crippen LogP contribution in [0.5, 0.6) is 0 Å². The van der Waals surface area contributed by atoms with Crippen LogP contribution >= 0.6 is 0 Å². The molecule has 1 amide bonds. The Bertz CT molecular complexity index is 780. The summed E-state index contributed by atoms with van der Waals surface area (Å²) in [4.78, 5) is 29.7. The molecule has 2 fully saturated rings.